The molecule has 0 unspecified atom stereocenters. The van der Waals surface area contributed by atoms with Crippen molar-refractivity contribution in [2.24, 2.45) is 0 Å². The van der Waals surface area contributed by atoms with Gasteiger partial charge in [0.1, 0.15) is 5.82 Å². The number of carbonyl (C=O) groups is 2. The van der Waals surface area contributed by atoms with Gasteiger partial charge in [-0.3, -0.25) is 14.5 Å². The van der Waals surface area contributed by atoms with Crippen molar-refractivity contribution in [2.75, 3.05) is 11.4 Å². The van der Waals surface area contributed by atoms with Crippen molar-refractivity contribution in [1.82, 2.24) is 10.3 Å². The first-order valence-corrected chi connectivity index (χ1v) is 9.92. The molecule has 3 aromatic rings. The van der Waals surface area contributed by atoms with E-state index in [1.54, 1.807) is 17.5 Å². The molecule has 1 N–H and O–H groups in total. The first-order valence-electron chi connectivity index (χ1n) is 9.04. The van der Waals surface area contributed by atoms with Crippen molar-refractivity contribution in [3.05, 3.63) is 83.1 Å². The highest BCUT2D eigenvalue weighted by Crippen LogP contribution is 2.28. The second kappa shape index (κ2) is 9.75. The SMILES string of the molecule is CC(=O)N(c1ccccc1)c1nc(/C=C/C(=O)NCCc2cccc(F)c2)cs1. The lowest BCUT2D eigenvalue weighted by Crippen LogP contribution is -2.23. The standard InChI is InChI=1S/C22H20FN3O2S/c1-16(27)26(20-8-3-2-4-9-20)22-25-19(15-29-22)10-11-21(28)24-13-12-17-6-5-7-18(23)14-17/h2-11,14-15H,12-13H2,1H3,(H,24,28)/b11-10+. The maximum absolute atomic E-state index is 13.1. The van der Waals surface area contributed by atoms with E-state index in [0.717, 1.165) is 11.3 Å². The van der Waals surface area contributed by atoms with Crippen LogP contribution in [0.5, 0.6) is 0 Å². The Labute approximate surface area is 172 Å². The Balaban J connectivity index is 1.58. The highest BCUT2D eigenvalue weighted by Gasteiger charge is 2.17. The predicted molar refractivity (Wildman–Crippen MR) is 114 cm³/mol. The Morgan fingerprint density at radius 2 is 1.97 bits per heavy atom. The van der Waals surface area contributed by atoms with Crippen LogP contribution in [0, 0.1) is 5.82 Å². The Morgan fingerprint density at radius 1 is 1.17 bits per heavy atom. The van der Waals surface area contributed by atoms with Crippen LogP contribution in [0.2, 0.25) is 0 Å². The van der Waals surface area contributed by atoms with Crippen molar-refractivity contribution < 1.29 is 14.0 Å². The lowest BCUT2D eigenvalue weighted by Gasteiger charge is -2.17. The summed E-state index contributed by atoms with van der Waals surface area (Å²) in [5, 5.41) is 5.08. The first-order chi connectivity index (χ1) is 14.0. The highest BCUT2D eigenvalue weighted by atomic mass is 32.1. The van der Waals surface area contributed by atoms with Crippen LogP contribution in [0.4, 0.5) is 15.2 Å². The zero-order valence-electron chi connectivity index (χ0n) is 15.8. The summed E-state index contributed by atoms with van der Waals surface area (Å²) in [7, 11) is 0. The van der Waals surface area contributed by atoms with Crippen LogP contribution in [-0.2, 0) is 16.0 Å². The molecule has 0 bridgehead atoms. The molecule has 3 rings (SSSR count). The van der Waals surface area contributed by atoms with E-state index >= 15 is 0 Å². The van der Waals surface area contributed by atoms with Gasteiger partial charge in [-0.15, -0.1) is 11.3 Å². The average molecular weight is 409 g/mol. The summed E-state index contributed by atoms with van der Waals surface area (Å²) < 4.78 is 13.1. The molecule has 5 nitrogen and oxygen atoms in total. The Hall–Kier alpha value is -3.32. The van der Waals surface area contributed by atoms with Crippen LogP contribution in [-0.4, -0.2) is 23.3 Å². The number of thiazole rings is 1. The number of rotatable bonds is 7. The number of hydrogen-bond donors (Lipinski definition) is 1. The predicted octanol–water partition coefficient (Wildman–Crippen LogP) is 4.34. The van der Waals surface area contributed by atoms with E-state index in [-0.39, 0.29) is 17.6 Å². The summed E-state index contributed by atoms with van der Waals surface area (Å²) in [5.74, 6) is -0.693. The molecule has 29 heavy (non-hydrogen) atoms. The molecule has 0 saturated heterocycles. The number of anilines is 2. The minimum absolute atomic E-state index is 0.142. The molecule has 0 atom stereocenters. The van der Waals surface area contributed by atoms with Gasteiger partial charge in [-0.05, 0) is 42.3 Å². The third-order valence-electron chi connectivity index (χ3n) is 4.04. The van der Waals surface area contributed by atoms with Gasteiger partial charge in [-0.2, -0.15) is 0 Å². The number of carbonyl (C=O) groups excluding carboxylic acids is 2. The number of nitrogens with zero attached hydrogens (tertiary/aromatic N) is 2. The summed E-state index contributed by atoms with van der Waals surface area (Å²) in [6, 6.07) is 15.6. The average Bonchev–Trinajstić information content (AvgIpc) is 3.15. The molecule has 0 aliphatic carbocycles. The quantitative estimate of drug-likeness (QED) is 0.591. The van der Waals surface area contributed by atoms with Crippen LogP contribution >= 0.6 is 11.3 Å². The fourth-order valence-electron chi connectivity index (χ4n) is 2.70. The molecule has 0 radical (unpaired) electrons. The highest BCUT2D eigenvalue weighted by molar-refractivity contribution is 7.14. The number of nitrogens with one attached hydrogen (secondary N) is 1. The summed E-state index contributed by atoms with van der Waals surface area (Å²) >= 11 is 1.32. The van der Waals surface area contributed by atoms with Gasteiger partial charge in [0.25, 0.3) is 0 Å². The van der Waals surface area contributed by atoms with Crippen LogP contribution in [0.3, 0.4) is 0 Å². The van der Waals surface area contributed by atoms with Gasteiger partial charge in [0.15, 0.2) is 5.13 Å². The normalized spacial score (nSPS) is 10.8. The van der Waals surface area contributed by atoms with Crippen LogP contribution in [0.1, 0.15) is 18.2 Å². The molecule has 0 aliphatic rings. The van der Waals surface area contributed by atoms with Gasteiger partial charge in [-0.1, -0.05) is 30.3 Å². The van der Waals surface area contributed by atoms with E-state index in [1.807, 2.05) is 36.4 Å². The number of hydrogen-bond acceptors (Lipinski definition) is 4. The van der Waals surface area contributed by atoms with Gasteiger partial charge in [0.05, 0.1) is 11.4 Å². The zero-order valence-corrected chi connectivity index (χ0v) is 16.7. The zero-order chi connectivity index (χ0) is 20.6. The van der Waals surface area contributed by atoms with Gasteiger partial charge in [-0.25, -0.2) is 9.37 Å². The molecule has 0 spiro atoms. The lowest BCUT2D eigenvalue weighted by molar-refractivity contribution is -0.117. The van der Waals surface area contributed by atoms with E-state index in [0.29, 0.717) is 23.8 Å². The Morgan fingerprint density at radius 3 is 2.69 bits per heavy atom. The van der Waals surface area contributed by atoms with Crippen LogP contribution in [0.15, 0.2) is 66.1 Å². The van der Waals surface area contributed by atoms with E-state index in [4.69, 9.17) is 0 Å². The van der Waals surface area contributed by atoms with Crippen molar-refractivity contribution in [2.45, 2.75) is 13.3 Å². The molecule has 2 aromatic carbocycles. The third-order valence-corrected chi connectivity index (χ3v) is 4.88. The fraction of sp³-hybridized carbons (Fsp3) is 0.136. The van der Waals surface area contributed by atoms with Gasteiger partial charge in [0.2, 0.25) is 11.8 Å². The second-order valence-corrected chi connectivity index (χ2v) is 7.09. The molecule has 1 aromatic heterocycles. The van der Waals surface area contributed by atoms with E-state index in [2.05, 4.69) is 10.3 Å². The van der Waals surface area contributed by atoms with Crippen LogP contribution < -0.4 is 10.2 Å². The topological polar surface area (TPSA) is 62.3 Å². The third kappa shape index (κ3) is 5.83. The maximum atomic E-state index is 13.1. The molecule has 148 valence electrons. The number of benzene rings is 2. The van der Waals surface area contributed by atoms with Crippen molar-refractivity contribution in [1.29, 1.82) is 0 Å². The molecular formula is C22H20FN3O2S. The van der Waals surface area contributed by atoms with Crippen molar-refractivity contribution >= 4 is 40.0 Å². The number of para-hydroxylation sites is 1. The van der Waals surface area contributed by atoms with Gasteiger partial charge < -0.3 is 5.32 Å². The molecule has 0 aliphatic heterocycles. The summed E-state index contributed by atoms with van der Waals surface area (Å²) in [6.45, 7) is 1.89. The fourth-order valence-corrected chi connectivity index (χ4v) is 3.56. The van der Waals surface area contributed by atoms with Crippen LogP contribution in [0.25, 0.3) is 6.08 Å². The molecule has 2 amide bonds. The number of aromatic nitrogens is 1. The monoisotopic (exact) mass is 409 g/mol. The summed E-state index contributed by atoms with van der Waals surface area (Å²) in [5.41, 5.74) is 2.15. The van der Waals surface area contributed by atoms with E-state index in [9.17, 15) is 14.0 Å². The Bertz CT molecular complexity index is 1020. The lowest BCUT2D eigenvalue weighted by atomic mass is 10.1. The molecule has 7 heteroatoms. The maximum Gasteiger partial charge on any atom is 0.244 e. The first kappa shape index (κ1) is 20.4. The summed E-state index contributed by atoms with van der Waals surface area (Å²) in [4.78, 5) is 30.0. The Kier molecular flexibility index (Phi) is 6.86. The molecule has 0 saturated carbocycles. The number of halogens is 1. The number of amides is 2. The van der Waals surface area contributed by atoms with E-state index < -0.39 is 0 Å². The van der Waals surface area contributed by atoms with E-state index in [1.165, 1.54) is 41.4 Å². The summed E-state index contributed by atoms with van der Waals surface area (Å²) in [6.07, 6.45) is 3.54. The minimum atomic E-state index is -0.289. The van der Waals surface area contributed by atoms with Crippen molar-refractivity contribution in [3.63, 3.8) is 0 Å². The second-order valence-electron chi connectivity index (χ2n) is 6.25. The molecule has 1 heterocycles. The largest absolute Gasteiger partial charge is 0.352 e. The molecule has 0 fully saturated rings. The van der Waals surface area contributed by atoms with Gasteiger partial charge in [0, 0.05) is 24.9 Å². The van der Waals surface area contributed by atoms with Gasteiger partial charge >= 0.3 is 0 Å². The molecular weight excluding hydrogens is 389 g/mol. The van der Waals surface area contributed by atoms with Crippen molar-refractivity contribution in [3.8, 4) is 0 Å². The smallest absolute Gasteiger partial charge is 0.244 e. The minimum Gasteiger partial charge on any atom is -0.352 e.